The topological polar surface area (TPSA) is 81.0 Å². The van der Waals surface area contributed by atoms with Crippen molar-refractivity contribution in [1.82, 2.24) is 24.1 Å². The summed E-state index contributed by atoms with van der Waals surface area (Å²) in [5.41, 5.74) is 4.74. The Balaban J connectivity index is 1.80. The number of rotatable bonds is 4. The summed E-state index contributed by atoms with van der Waals surface area (Å²) >= 11 is 0. The van der Waals surface area contributed by atoms with Crippen LogP contribution in [0.3, 0.4) is 0 Å². The predicted octanol–water partition coefficient (Wildman–Crippen LogP) is 1.32. The van der Waals surface area contributed by atoms with Crippen molar-refractivity contribution in [2.75, 3.05) is 19.3 Å². The van der Waals surface area contributed by atoms with E-state index >= 15 is 0 Å². The van der Waals surface area contributed by atoms with Crippen molar-refractivity contribution < 1.29 is 8.42 Å². The van der Waals surface area contributed by atoms with Crippen LogP contribution in [-0.4, -0.2) is 51.8 Å². The Kier molecular flexibility index (Phi) is 4.44. The van der Waals surface area contributed by atoms with Crippen LogP contribution in [-0.2, 0) is 23.5 Å². The molecule has 0 spiro atoms. The lowest BCUT2D eigenvalue weighted by Crippen LogP contribution is -2.27. The zero-order valence-corrected chi connectivity index (χ0v) is 15.3. The fraction of sp³-hybridized carbons (Fsp3) is 0.562. The van der Waals surface area contributed by atoms with Crippen LogP contribution in [0, 0.1) is 19.8 Å². The first-order valence-electron chi connectivity index (χ1n) is 8.02. The first-order valence-corrected chi connectivity index (χ1v) is 9.87. The molecule has 0 saturated carbocycles. The summed E-state index contributed by atoms with van der Waals surface area (Å²) in [7, 11) is -1.18. The van der Waals surface area contributed by atoms with Crippen molar-refractivity contribution in [3.8, 4) is 11.3 Å². The summed E-state index contributed by atoms with van der Waals surface area (Å²) in [5.74, 6) is 0.292. The third-order valence-electron chi connectivity index (χ3n) is 4.67. The SMILES string of the molecule is Cc1nn(C)c(C)c1-c1cncc(C[C@H]2CCN(S(C)(=O)=O)C2)n1. The minimum atomic E-state index is -3.10. The van der Waals surface area contributed by atoms with E-state index < -0.39 is 10.0 Å². The lowest BCUT2D eigenvalue weighted by molar-refractivity contribution is 0.459. The minimum absolute atomic E-state index is 0.292. The first kappa shape index (κ1) is 17.0. The molecule has 24 heavy (non-hydrogen) atoms. The van der Waals surface area contributed by atoms with Gasteiger partial charge in [0.25, 0.3) is 0 Å². The van der Waals surface area contributed by atoms with Gasteiger partial charge in [0.15, 0.2) is 0 Å². The van der Waals surface area contributed by atoms with Crippen molar-refractivity contribution in [2.24, 2.45) is 13.0 Å². The average Bonchev–Trinajstić information content (AvgIpc) is 3.05. The molecule has 0 aromatic carbocycles. The maximum absolute atomic E-state index is 11.6. The highest BCUT2D eigenvalue weighted by Crippen LogP contribution is 2.26. The average molecular weight is 349 g/mol. The molecule has 7 nitrogen and oxygen atoms in total. The molecule has 2 aromatic rings. The van der Waals surface area contributed by atoms with Gasteiger partial charge in [-0.25, -0.2) is 17.7 Å². The van der Waals surface area contributed by atoms with E-state index in [1.807, 2.05) is 25.6 Å². The molecule has 0 amide bonds. The van der Waals surface area contributed by atoms with Gasteiger partial charge in [-0.2, -0.15) is 5.10 Å². The van der Waals surface area contributed by atoms with Crippen molar-refractivity contribution in [2.45, 2.75) is 26.7 Å². The summed E-state index contributed by atoms with van der Waals surface area (Å²) in [5, 5.41) is 4.43. The number of aromatic nitrogens is 4. The highest BCUT2D eigenvalue weighted by molar-refractivity contribution is 7.88. The monoisotopic (exact) mass is 349 g/mol. The summed E-state index contributed by atoms with van der Waals surface area (Å²) in [6.07, 6.45) is 6.41. The van der Waals surface area contributed by atoms with Gasteiger partial charge in [-0.15, -0.1) is 0 Å². The zero-order valence-electron chi connectivity index (χ0n) is 14.5. The largest absolute Gasteiger partial charge is 0.272 e. The van der Waals surface area contributed by atoms with E-state index in [0.29, 0.717) is 19.0 Å². The van der Waals surface area contributed by atoms with Gasteiger partial charge in [-0.05, 0) is 32.6 Å². The number of hydrogen-bond acceptors (Lipinski definition) is 5. The molecule has 1 saturated heterocycles. The van der Waals surface area contributed by atoms with Crippen molar-refractivity contribution >= 4 is 10.0 Å². The summed E-state index contributed by atoms with van der Waals surface area (Å²) in [4.78, 5) is 9.08. The Morgan fingerprint density at radius 1 is 1.29 bits per heavy atom. The predicted molar refractivity (Wildman–Crippen MR) is 91.9 cm³/mol. The van der Waals surface area contributed by atoms with Gasteiger partial charge in [0.05, 0.1) is 29.5 Å². The van der Waals surface area contributed by atoms with Crippen LogP contribution in [0.4, 0.5) is 0 Å². The molecule has 0 bridgehead atoms. The quantitative estimate of drug-likeness (QED) is 0.831. The maximum atomic E-state index is 11.6. The van der Waals surface area contributed by atoms with Crippen molar-refractivity contribution in [1.29, 1.82) is 0 Å². The standard InChI is InChI=1S/C16H23N5O2S/c1-11-16(12(2)20(3)19-11)15-9-17-8-14(18-15)7-13-5-6-21(10-13)24(4,22)23/h8-9,13H,5-7,10H2,1-4H3/t13-/m1/s1. The molecule has 3 heterocycles. The summed E-state index contributed by atoms with van der Waals surface area (Å²) in [6, 6.07) is 0. The van der Waals surface area contributed by atoms with Crippen LogP contribution in [0.15, 0.2) is 12.4 Å². The highest BCUT2D eigenvalue weighted by Gasteiger charge is 2.29. The Morgan fingerprint density at radius 2 is 2.04 bits per heavy atom. The Bertz CT molecular complexity index is 859. The Labute approximate surface area is 142 Å². The molecule has 1 fully saturated rings. The van der Waals surface area contributed by atoms with Gasteiger partial charge in [0.2, 0.25) is 10.0 Å². The third-order valence-corrected chi connectivity index (χ3v) is 5.93. The van der Waals surface area contributed by atoms with Crippen LogP contribution in [0.1, 0.15) is 23.5 Å². The van der Waals surface area contributed by atoms with Gasteiger partial charge >= 0.3 is 0 Å². The molecule has 1 aliphatic rings. The van der Waals surface area contributed by atoms with Gasteiger partial charge in [-0.3, -0.25) is 9.67 Å². The van der Waals surface area contributed by atoms with E-state index in [1.165, 1.54) is 6.26 Å². The van der Waals surface area contributed by atoms with Crippen LogP contribution in [0.5, 0.6) is 0 Å². The van der Waals surface area contributed by atoms with Gasteiger partial charge in [0, 0.05) is 37.6 Å². The minimum Gasteiger partial charge on any atom is -0.272 e. The molecule has 0 aliphatic carbocycles. The molecule has 130 valence electrons. The van der Waals surface area contributed by atoms with E-state index in [0.717, 1.165) is 41.2 Å². The third kappa shape index (κ3) is 3.34. The molecule has 1 aliphatic heterocycles. The van der Waals surface area contributed by atoms with Crippen LogP contribution >= 0.6 is 0 Å². The lowest BCUT2D eigenvalue weighted by Gasteiger charge is -2.13. The van der Waals surface area contributed by atoms with Crippen LogP contribution in [0.2, 0.25) is 0 Å². The van der Waals surface area contributed by atoms with Crippen molar-refractivity contribution in [3.63, 3.8) is 0 Å². The molecular formula is C16H23N5O2S. The second-order valence-corrected chi connectivity index (χ2v) is 8.53. The van der Waals surface area contributed by atoms with Gasteiger partial charge < -0.3 is 0 Å². The normalized spacial score (nSPS) is 19.1. The molecule has 0 radical (unpaired) electrons. The van der Waals surface area contributed by atoms with Crippen LogP contribution < -0.4 is 0 Å². The fourth-order valence-electron chi connectivity index (χ4n) is 3.33. The van der Waals surface area contributed by atoms with Crippen LogP contribution in [0.25, 0.3) is 11.3 Å². The fourth-order valence-corrected chi connectivity index (χ4v) is 4.25. The highest BCUT2D eigenvalue weighted by atomic mass is 32.2. The Morgan fingerprint density at radius 3 is 2.62 bits per heavy atom. The summed E-state index contributed by atoms with van der Waals surface area (Å²) < 4.78 is 26.7. The van der Waals surface area contributed by atoms with Gasteiger partial charge in [-0.1, -0.05) is 0 Å². The van der Waals surface area contributed by atoms with E-state index in [4.69, 9.17) is 4.98 Å². The van der Waals surface area contributed by atoms with E-state index in [-0.39, 0.29) is 0 Å². The van der Waals surface area contributed by atoms with E-state index in [2.05, 4.69) is 10.1 Å². The lowest BCUT2D eigenvalue weighted by atomic mass is 10.0. The molecule has 8 heteroatoms. The Hall–Kier alpha value is -1.80. The smallest absolute Gasteiger partial charge is 0.211 e. The van der Waals surface area contributed by atoms with Gasteiger partial charge in [0.1, 0.15) is 0 Å². The number of aryl methyl sites for hydroxylation is 2. The van der Waals surface area contributed by atoms with E-state index in [9.17, 15) is 8.42 Å². The number of hydrogen-bond donors (Lipinski definition) is 0. The number of nitrogens with zero attached hydrogens (tertiary/aromatic N) is 5. The van der Waals surface area contributed by atoms with Crippen molar-refractivity contribution in [3.05, 3.63) is 29.5 Å². The second kappa shape index (κ2) is 6.25. The molecule has 0 N–H and O–H groups in total. The molecule has 2 aromatic heterocycles. The summed E-state index contributed by atoms with van der Waals surface area (Å²) in [6.45, 7) is 5.15. The second-order valence-electron chi connectivity index (χ2n) is 6.54. The first-order chi connectivity index (χ1) is 11.3. The van der Waals surface area contributed by atoms with E-state index in [1.54, 1.807) is 16.7 Å². The molecular weight excluding hydrogens is 326 g/mol. The maximum Gasteiger partial charge on any atom is 0.211 e. The molecule has 3 rings (SSSR count). The molecule has 1 atom stereocenters. The number of sulfonamides is 1. The zero-order chi connectivity index (χ0) is 17.5. The molecule has 0 unspecified atom stereocenters.